The number of aromatic nitrogens is 3. The summed E-state index contributed by atoms with van der Waals surface area (Å²) < 4.78 is 48.2. The van der Waals surface area contributed by atoms with Gasteiger partial charge in [0.25, 0.3) is 0 Å². The zero-order chi connectivity index (χ0) is 28.5. The van der Waals surface area contributed by atoms with E-state index in [9.17, 15) is 8.78 Å². The van der Waals surface area contributed by atoms with Crippen LogP contribution in [0.3, 0.4) is 0 Å². The Morgan fingerprint density at radius 2 is 1.93 bits per heavy atom. The van der Waals surface area contributed by atoms with E-state index in [-0.39, 0.29) is 22.8 Å². The summed E-state index contributed by atoms with van der Waals surface area (Å²) in [6, 6.07) is 8.83. The highest BCUT2D eigenvalue weighted by atomic mass is 19.1. The average Bonchev–Trinajstić information content (AvgIpc) is 3.58. The molecule has 0 bridgehead atoms. The number of alkyl halides is 1. The molecule has 10 heteroatoms. The molecule has 0 aliphatic carbocycles. The van der Waals surface area contributed by atoms with Gasteiger partial charge < -0.3 is 15.0 Å². The van der Waals surface area contributed by atoms with Gasteiger partial charge in [-0.05, 0) is 37.3 Å². The van der Waals surface area contributed by atoms with Crippen LogP contribution in [0, 0.1) is 24.0 Å². The standard InChI is InChI=1S/C24H19F2N5O.C7H12FN/c1-3-15-18(25)8-7-14-5-4-6-16(19(14)15)21-20(26)22-17(13-28-21)23(30-24(29-22)32-2)31-11-9-27-10-12-31;8-6-4-7-2-1-3-9(7)5-6/h1,4-8,13,27H,9-12H2,2H3;6-7H,1-5H2. The number of rotatable bonds is 3. The highest BCUT2D eigenvalue weighted by molar-refractivity contribution is 6.02. The molecule has 3 aliphatic rings. The Labute approximate surface area is 236 Å². The van der Waals surface area contributed by atoms with E-state index in [4.69, 9.17) is 11.2 Å². The zero-order valence-corrected chi connectivity index (χ0v) is 22.8. The molecule has 2 aromatic heterocycles. The van der Waals surface area contributed by atoms with Crippen molar-refractivity contribution in [3.63, 3.8) is 0 Å². The minimum absolute atomic E-state index is 0.0391. The number of terminal acetylenes is 1. The van der Waals surface area contributed by atoms with Crippen molar-refractivity contribution in [2.75, 3.05) is 51.3 Å². The largest absolute Gasteiger partial charge is 0.467 e. The summed E-state index contributed by atoms with van der Waals surface area (Å²) in [4.78, 5) is 17.5. The lowest BCUT2D eigenvalue weighted by atomic mass is 9.96. The predicted molar refractivity (Wildman–Crippen MR) is 154 cm³/mol. The van der Waals surface area contributed by atoms with E-state index in [1.54, 1.807) is 30.5 Å². The topological polar surface area (TPSA) is 66.4 Å². The van der Waals surface area contributed by atoms with E-state index in [1.807, 2.05) is 4.90 Å². The summed E-state index contributed by atoms with van der Waals surface area (Å²) in [5, 5.41) is 4.90. The summed E-state index contributed by atoms with van der Waals surface area (Å²) >= 11 is 0. The van der Waals surface area contributed by atoms with E-state index >= 15 is 4.39 Å². The first-order valence-electron chi connectivity index (χ1n) is 13.9. The summed E-state index contributed by atoms with van der Waals surface area (Å²) in [7, 11) is 1.44. The minimum atomic E-state index is -0.640. The number of hydrogen-bond donors (Lipinski definition) is 1. The number of methoxy groups -OCH3 is 1. The van der Waals surface area contributed by atoms with Crippen LogP contribution in [0.4, 0.5) is 19.0 Å². The van der Waals surface area contributed by atoms with E-state index in [0.29, 0.717) is 53.2 Å². The maximum absolute atomic E-state index is 15.9. The number of pyridine rings is 1. The van der Waals surface area contributed by atoms with Gasteiger partial charge in [0.15, 0.2) is 5.82 Å². The van der Waals surface area contributed by atoms with Crippen LogP contribution in [0.2, 0.25) is 0 Å². The van der Waals surface area contributed by atoms with Crippen molar-refractivity contribution in [3.05, 3.63) is 53.7 Å². The summed E-state index contributed by atoms with van der Waals surface area (Å²) in [5.41, 5.74) is 0.597. The molecule has 0 spiro atoms. The Morgan fingerprint density at radius 1 is 1.10 bits per heavy atom. The minimum Gasteiger partial charge on any atom is -0.467 e. The van der Waals surface area contributed by atoms with Crippen LogP contribution < -0.4 is 15.0 Å². The number of anilines is 1. The van der Waals surface area contributed by atoms with Gasteiger partial charge in [-0.2, -0.15) is 9.97 Å². The van der Waals surface area contributed by atoms with Crippen LogP contribution in [-0.4, -0.2) is 78.4 Å². The number of benzene rings is 2. The summed E-state index contributed by atoms with van der Waals surface area (Å²) in [5.74, 6) is 1.78. The summed E-state index contributed by atoms with van der Waals surface area (Å²) in [6.45, 7) is 4.87. The van der Waals surface area contributed by atoms with Crippen LogP contribution in [0.5, 0.6) is 6.01 Å². The molecule has 0 amide bonds. The third-order valence-electron chi connectivity index (χ3n) is 8.10. The quantitative estimate of drug-likeness (QED) is 0.364. The fraction of sp³-hybridized carbons (Fsp3) is 0.387. The molecule has 2 unspecified atom stereocenters. The lowest BCUT2D eigenvalue weighted by molar-refractivity contribution is 0.292. The van der Waals surface area contributed by atoms with Gasteiger partial charge in [-0.15, -0.1) is 6.42 Å². The molecule has 41 heavy (non-hydrogen) atoms. The second-order valence-corrected chi connectivity index (χ2v) is 10.5. The van der Waals surface area contributed by atoms with Crippen LogP contribution >= 0.6 is 0 Å². The molecule has 212 valence electrons. The van der Waals surface area contributed by atoms with E-state index < -0.39 is 17.8 Å². The molecule has 3 fully saturated rings. The van der Waals surface area contributed by atoms with E-state index in [1.165, 1.54) is 26.0 Å². The Kier molecular flexibility index (Phi) is 7.65. The molecule has 7 nitrogen and oxygen atoms in total. The number of nitrogens with one attached hydrogen (secondary N) is 1. The van der Waals surface area contributed by atoms with Crippen molar-refractivity contribution >= 4 is 27.5 Å². The van der Waals surface area contributed by atoms with Crippen LogP contribution in [0.15, 0.2) is 36.5 Å². The van der Waals surface area contributed by atoms with E-state index in [2.05, 4.69) is 31.1 Å². The van der Waals surface area contributed by atoms with Gasteiger partial charge in [0.1, 0.15) is 29.0 Å². The fourth-order valence-electron chi connectivity index (χ4n) is 6.14. The SMILES string of the molecule is C#Cc1c(F)ccc2cccc(-c3ncc4c(N5CCNCC5)nc(OC)nc4c3F)c12.FC1CC2CCCN2C1. The lowest BCUT2D eigenvalue weighted by Crippen LogP contribution is -2.44. The van der Waals surface area contributed by atoms with Gasteiger partial charge in [0.2, 0.25) is 0 Å². The number of halogens is 3. The number of hydrogen-bond acceptors (Lipinski definition) is 7. The Balaban J connectivity index is 0.000000283. The van der Waals surface area contributed by atoms with Crippen molar-refractivity contribution in [1.82, 2.24) is 25.2 Å². The second kappa shape index (κ2) is 11.5. The van der Waals surface area contributed by atoms with Gasteiger partial charge in [0, 0.05) is 55.9 Å². The molecular weight excluding hydrogens is 529 g/mol. The molecule has 0 saturated carbocycles. The second-order valence-electron chi connectivity index (χ2n) is 10.5. The monoisotopic (exact) mass is 560 g/mol. The van der Waals surface area contributed by atoms with Crippen LogP contribution in [0.25, 0.3) is 32.9 Å². The van der Waals surface area contributed by atoms with Gasteiger partial charge in [0.05, 0.1) is 18.1 Å². The molecular formula is C31H31F3N6O. The van der Waals surface area contributed by atoms with Gasteiger partial charge in [-0.25, -0.2) is 13.2 Å². The van der Waals surface area contributed by atoms with Crippen molar-refractivity contribution in [3.8, 4) is 29.6 Å². The van der Waals surface area contributed by atoms with E-state index in [0.717, 1.165) is 26.1 Å². The maximum Gasteiger partial charge on any atom is 0.318 e. The molecule has 1 N–H and O–H groups in total. The number of nitrogens with zero attached hydrogens (tertiary/aromatic N) is 5. The molecule has 3 aliphatic heterocycles. The molecule has 2 aromatic carbocycles. The highest BCUT2D eigenvalue weighted by Crippen LogP contribution is 2.36. The van der Waals surface area contributed by atoms with Gasteiger partial charge >= 0.3 is 6.01 Å². The lowest BCUT2D eigenvalue weighted by Gasteiger charge is -2.29. The number of ether oxygens (including phenoxy) is 1. The molecule has 2 atom stereocenters. The average molecular weight is 561 g/mol. The smallest absolute Gasteiger partial charge is 0.318 e. The Hall–Kier alpha value is -3.94. The van der Waals surface area contributed by atoms with Crippen molar-refractivity contribution in [2.45, 2.75) is 31.5 Å². The Bertz CT molecular complexity index is 1620. The molecule has 7 rings (SSSR count). The molecule has 0 radical (unpaired) electrons. The molecule has 3 saturated heterocycles. The van der Waals surface area contributed by atoms with Crippen molar-refractivity contribution in [1.29, 1.82) is 0 Å². The number of piperazine rings is 1. The van der Waals surface area contributed by atoms with Crippen LogP contribution in [-0.2, 0) is 0 Å². The molecule has 5 heterocycles. The van der Waals surface area contributed by atoms with Gasteiger partial charge in [-0.3, -0.25) is 9.88 Å². The number of fused-ring (bicyclic) bond motifs is 3. The fourth-order valence-corrected chi connectivity index (χ4v) is 6.14. The molecule has 4 aromatic rings. The third-order valence-corrected chi connectivity index (χ3v) is 8.10. The first-order valence-corrected chi connectivity index (χ1v) is 13.9. The van der Waals surface area contributed by atoms with Gasteiger partial charge in [-0.1, -0.05) is 30.2 Å². The Morgan fingerprint density at radius 3 is 2.68 bits per heavy atom. The first kappa shape index (κ1) is 27.2. The third kappa shape index (κ3) is 5.16. The normalized spacial score (nSPS) is 20.5. The van der Waals surface area contributed by atoms with Crippen molar-refractivity contribution < 1.29 is 17.9 Å². The van der Waals surface area contributed by atoms with Crippen LogP contribution in [0.1, 0.15) is 24.8 Å². The van der Waals surface area contributed by atoms with Crippen molar-refractivity contribution in [2.24, 2.45) is 0 Å². The first-order chi connectivity index (χ1) is 20.0. The predicted octanol–water partition coefficient (Wildman–Crippen LogP) is 4.72. The zero-order valence-electron chi connectivity index (χ0n) is 22.8. The summed E-state index contributed by atoms with van der Waals surface area (Å²) in [6.07, 6.45) is 9.95. The highest BCUT2D eigenvalue weighted by Gasteiger charge is 2.34. The maximum atomic E-state index is 15.9.